The van der Waals surface area contributed by atoms with Crippen LogP contribution in [0.1, 0.15) is 44.9 Å². The Bertz CT molecular complexity index is 420. The Hall–Kier alpha value is -0.940. The Morgan fingerprint density at radius 1 is 1.35 bits per heavy atom. The second-order valence-electron chi connectivity index (χ2n) is 6.22. The fourth-order valence-electron chi connectivity index (χ4n) is 3.41. The van der Waals surface area contributed by atoms with Crippen molar-refractivity contribution in [3.8, 4) is 0 Å². The van der Waals surface area contributed by atoms with Crippen molar-refractivity contribution < 1.29 is 4.74 Å². The Labute approximate surface area is 121 Å². The summed E-state index contributed by atoms with van der Waals surface area (Å²) in [6, 6.07) is 0.511. The highest BCUT2D eigenvalue weighted by atomic mass is 16.5. The number of aryl methyl sites for hydroxylation is 1. The topological polar surface area (TPSA) is 52.0 Å². The maximum absolute atomic E-state index is 6.04. The smallest absolute Gasteiger partial charge is 0.138 e. The van der Waals surface area contributed by atoms with Gasteiger partial charge in [0, 0.05) is 19.0 Å². The minimum Gasteiger partial charge on any atom is -0.377 e. The third kappa shape index (κ3) is 3.38. The molecule has 0 spiro atoms. The van der Waals surface area contributed by atoms with Crippen LogP contribution >= 0.6 is 0 Å². The van der Waals surface area contributed by atoms with E-state index >= 15 is 0 Å². The number of ether oxygens (including phenoxy) is 1. The van der Waals surface area contributed by atoms with Crippen molar-refractivity contribution in [1.82, 2.24) is 20.1 Å². The van der Waals surface area contributed by atoms with Gasteiger partial charge in [-0.05, 0) is 25.2 Å². The summed E-state index contributed by atoms with van der Waals surface area (Å²) in [6.45, 7) is 5.04. The zero-order chi connectivity index (χ0) is 13.8. The average molecular weight is 278 g/mol. The number of aromatic nitrogens is 3. The van der Waals surface area contributed by atoms with Gasteiger partial charge in [-0.15, -0.1) is 0 Å². The summed E-state index contributed by atoms with van der Waals surface area (Å²) in [5.74, 6) is 1.85. The van der Waals surface area contributed by atoms with Crippen LogP contribution in [0.5, 0.6) is 0 Å². The zero-order valence-corrected chi connectivity index (χ0v) is 12.4. The van der Waals surface area contributed by atoms with Gasteiger partial charge in [0.1, 0.15) is 12.2 Å². The maximum Gasteiger partial charge on any atom is 0.138 e. The number of nitrogens with one attached hydrogen (secondary N) is 1. The van der Waals surface area contributed by atoms with Gasteiger partial charge in [-0.3, -0.25) is 0 Å². The lowest BCUT2D eigenvalue weighted by Gasteiger charge is -2.29. The van der Waals surface area contributed by atoms with E-state index < -0.39 is 0 Å². The van der Waals surface area contributed by atoms with E-state index in [1.54, 1.807) is 6.33 Å². The van der Waals surface area contributed by atoms with Crippen LogP contribution in [-0.4, -0.2) is 40.1 Å². The first-order chi connectivity index (χ1) is 9.83. The van der Waals surface area contributed by atoms with Gasteiger partial charge in [-0.1, -0.05) is 19.8 Å². The quantitative estimate of drug-likeness (QED) is 0.834. The summed E-state index contributed by atoms with van der Waals surface area (Å²) < 4.78 is 8.06. The molecule has 1 aliphatic carbocycles. The first kappa shape index (κ1) is 14.0. The molecule has 1 fully saturated rings. The van der Waals surface area contributed by atoms with Crippen LogP contribution in [0.25, 0.3) is 0 Å². The van der Waals surface area contributed by atoms with Crippen LogP contribution in [-0.2, 0) is 17.7 Å². The molecule has 1 aromatic rings. The van der Waals surface area contributed by atoms with Crippen LogP contribution in [0.15, 0.2) is 6.33 Å². The van der Waals surface area contributed by atoms with Gasteiger partial charge >= 0.3 is 0 Å². The summed E-state index contributed by atoms with van der Waals surface area (Å²) >= 11 is 0. The molecule has 0 saturated heterocycles. The van der Waals surface area contributed by atoms with E-state index in [-0.39, 0.29) is 0 Å². The molecule has 3 rings (SSSR count). The van der Waals surface area contributed by atoms with Crippen LogP contribution in [0.4, 0.5) is 0 Å². The lowest BCUT2D eigenvalue weighted by Crippen LogP contribution is -2.40. The van der Waals surface area contributed by atoms with Crippen molar-refractivity contribution in [2.75, 3.05) is 13.2 Å². The van der Waals surface area contributed by atoms with Gasteiger partial charge in [0.25, 0.3) is 0 Å². The Morgan fingerprint density at radius 3 is 3.15 bits per heavy atom. The number of hydrogen-bond donors (Lipinski definition) is 1. The second-order valence-corrected chi connectivity index (χ2v) is 6.22. The van der Waals surface area contributed by atoms with E-state index in [1.807, 2.05) is 4.68 Å². The van der Waals surface area contributed by atoms with Gasteiger partial charge in [0.05, 0.1) is 19.3 Å². The van der Waals surface area contributed by atoms with Gasteiger partial charge in [0.2, 0.25) is 0 Å². The molecule has 2 heterocycles. The Morgan fingerprint density at radius 2 is 2.25 bits per heavy atom. The van der Waals surface area contributed by atoms with E-state index in [1.165, 1.54) is 25.7 Å². The van der Waals surface area contributed by atoms with Crippen molar-refractivity contribution in [3.05, 3.63) is 12.2 Å². The van der Waals surface area contributed by atoms with Crippen LogP contribution in [0.2, 0.25) is 0 Å². The molecule has 5 heteroatoms. The molecule has 3 atom stereocenters. The van der Waals surface area contributed by atoms with E-state index in [2.05, 4.69) is 22.3 Å². The fraction of sp³-hybridized carbons (Fsp3) is 0.867. The lowest BCUT2D eigenvalue weighted by molar-refractivity contribution is -0.00416. The first-order valence-corrected chi connectivity index (χ1v) is 8.04. The number of nitrogens with zero attached hydrogens (tertiary/aromatic N) is 3. The van der Waals surface area contributed by atoms with Crippen molar-refractivity contribution in [2.24, 2.45) is 5.92 Å². The number of rotatable bonds is 5. The molecule has 3 unspecified atom stereocenters. The largest absolute Gasteiger partial charge is 0.377 e. The third-order valence-electron chi connectivity index (χ3n) is 4.71. The molecule has 0 radical (unpaired) electrons. The summed E-state index contributed by atoms with van der Waals surface area (Å²) in [5.41, 5.74) is 0. The molecular formula is C15H26N4O. The molecule has 2 aliphatic rings. The highest BCUT2D eigenvalue weighted by molar-refractivity contribution is 4.92. The van der Waals surface area contributed by atoms with E-state index in [9.17, 15) is 0 Å². The normalized spacial score (nSPS) is 30.1. The molecule has 0 amide bonds. The molecule has 1 aliphatic heterocycles. The lowest BCUT2D eigenvalue weighted by atomic mass is 9.88. The van der Waals surface area contributed by atoms with Crippen molar-refractivity contribution in [3.63, 3.8) is 0 Å². The van der Waals surface area contributed by atoms with Gasteiger partial charge in [0.15, 0.2) is 0 Å². The highest BCUT2D eigenvalue weighted by Gasteiger charge is 2.22. The van der Waals surface area contributed by atoms with Crippen LogP contribution < -0.4 is 5.32 Å². The third-order valence-corrected chi connectivity index (χ3v) is 4.71. The minimum atomic E-state index is 0.485. The molecule has 20 heavy (non-hydrogen) atoms. The van der Waals surface area contributed by atoms with E-state index in [0.29, 0.717) is 12.1 Å². The van der Waals surface area contributed by atoms with Gasteiger partial charge in [-0.25, -0.2) is 9.67 Å². The first-order valence-electron chi connectivity index (χ1n) is 8.04. The summed E-state index contributed by atoms with van der Waals surface area (Å²) in [5, 5.41) is 7.85. The second kappa shape index (κ2) is 6.68. The molecule has 0 aromatic carbocycles. The van der Waals surface area contributed by atoms with Crippen LogP contribution in [0.3, 0.4) is 0 Å². The molecule has 1 aromatic heterocycles. The van der Waals surface area contributed by atoms with Crippen LogP contribution in [0, 0.1) is 5.92 Å². The van der Waals surface area contributed by atoms with Gasteiger partial charge < -0.3 is 10.1 Å². The average Bonchev–Trinajstić information content (AvgIpc) is 2.93. The molecule has 112 valence electrons. The predicted octanol–water partition coefficient (Wildman–Crippen LogP) is 1.78. The van der Waals surface area contributed by atoms with Crippen molar-refractivity contribution >= 4 is 0 Å². The molecule has 1 N–H and O–H groups in total. The molecule has 1 saturated carbocycles. The van der Waals surface area contributed by atoms with Crippen molar-refractivity contribution in [1.29, 1.82) is 0 Å². The van der Waals surface area contributed by atoms with E-state index in [4.69, 9.17) is 4.74 Å². The monoisotopic (exact) mass is 278 g/mol. The van der Waals surface area contributed by atoms with Crippen molar-refractivity contribution in [2.45, 2.75) is 64.1 Å². The number of fused-ring (bicyclic) bond motifs is 1. The number of hydrogen-bond acceptors (Lipinski definition) is 4. The van der Waals surface area contributed by atoms with Gasteiger partial charge in [-0.2, -0.15) is 5.10 Å². The maximum atomic E-state index is 6.04. The summed E-state index contributed by atoms with van der Waals surface area (Å²) in [6.07, 6.45) is 9.60. The molecule has 5 nitrogen and oxygen atoms in total. The zero-order valence-electron chi connectivity index (χ0n) is 12.4. The standard InChI is InChI=1S/C15H26N4O/c1-12-4-2-3-5-14(12)20-9-8-16-13-6-7-15-17-11-18-19(15)10-13/h11-14,16H,2-10H2,1H3. The Kier molecular flexibility index (Phi) is 4.68. The molecular weight excluding hydrogens is 252 g/mol. The summed E-state index contributed by atoms with van der Waals surface area (Å²) in [4.78, 5) is 4.26. The summed E-state index contributed by atoms with van der Waals surface area (Å²) in [7, 11) is 0. The van der Waals surface area contributed by atoms with E-state index in [0.717, 1.165) is 44.3 Å². The predicted molar refractivity (Wildman–Crippen MR) is 77.5 cm³/mol. The SMILES string of the molecule is CC1CCCCC1OCCNC1CCc2ncnn2C1. The molecule has 0 bridgehead atoms. The Balaban J connectivity index is 1.34. The highest BCUT2D eigenvalue weighted by Crippen LogP contribution is 2.26. The fourth-order valence-corrected chi connectivity index (χ4v) is 3.41. The minimum absolute atomic E-state index is 0.485.